The standard InChI is InChI=1S/C24H35N5O7S/c1-12(30)19(28-21(32)16(25)10-14-11-26-17-7-5-4-6-15(14)17)23(34)27-18(8-9-37-3)22(33)29-20(13(2)31)24(35)36/h4-7,11-13,16,18-20,26,30-31H,8-10,25H2,1-3H3,(H,27,34)(H,28,32)(H,29,33)(H,35,36). The summed E-state index contributed by atoms with van der Waals surface area (Å²) in [6.45, 7) is 2.52. The molecule has 3 amide bonds. The van der Waals surface area contributed by atoms with Crippen molar-refractivity contribution in [1.82, 2.24) is 20.9 Å². The fraction of sp³-hybridized carbons (Fsp3) is 0.500. The highest BCUT2D eigenvalue weighted by atomic mass is 32.2. The van der Waals surface area contributed by atoms with E-state index in [1.807, 2.05) is 24.3 Å². The lowest BCUT2D eigenvalue weighted by molar-refractivity contribution is -0.145. The lowest BCUT2D eigenvalue weighted by atomic mass is 10.0. The molecule has 204 valence electrons. The predicted molar refractivity (Wildman–Crippen MR) is 140 cm³/mol. The molecule has 6 atom stereocenters. The molecule has 0 bridgehead atoms. The van der Waals surface area contributed by atoms with Crippen LogP contribution < -0.4 is 21.7 Å². The molecule has 0 aliphatic rings. The van der Waals surface area contributed by atoms with E-state index in [4.69, 9.17) is 5.73 Å². The summed E-state index contributed by atoms with van der Waals surface area (Å²) < 4.78 is 0. The number of aromatic nitrogens is 1. The molecule has 0 aliphatic carbocycles. The van der Waals surface area contributed by atoms with E-state index in [0.29, 0.717) is 5.75 Å². The number of nitrogens with two attached hydrogens (primary N) is 1. The van der Waals surface area contributed by atoms with Crippen LogP contribution in [0.4, 0.5) is 0 Å². The van der Waals surface area contributed by atoms with Crippen LogP contribution in [0.25, 0.3) is 10.9 Å². The van der Waals surface area contributed by atoms with Gasteiger partial charge in [-0.3, -0.25) is 14.4 Å². The summed E-state index contributed by atoms with van der Waals surface area (Å²) in [5, 5.41) is 37.1. The van der Waals surface area contributed by atoms with Crippen LogP contribution in [-0.4, -0.2) is 92.4 Å². The number of nitrogens with one attached hydrogen (secondary N) is 4. The van der Waals surface area contributed by atoms with E-state index in [1.165, 1.54) is 25.6 Å². The van der Waals surface area contributed by atoms with Crippen LogP contribution >= 0.6 is 11.8 Å². The molecule has 0 spiro atoms. The van der Waals surface area contributed by atoms with Crippen molar-refractivity contribution < 1.29 is 34.5 Å². The molecule has 0 fully saturated rings. The molecule has 0 saturated carbocycles. The number of carbonyl (C=O) groups is 4. The average Bonchev–Trinajstić information content (AvgIpc) is 3.25. The number of amides is 3. The van der Waals surface area contributed by atoms with E-state index in [0.717, 1.165) is 16.5 Å². The van der Waals surface area contributed by atoms with Crippen molar-refractivity contribution >= 4 is 46.4 Å². The maximum Gasteiger partial charge on any atom is 0.328 e. The molecule has 0 radical (unpaired) electrons. The summed E-state index contributed by atoms with van der Waals surface area (Å²) in [4.78, 5) is 53.0. The minimum Gasteiger partial charge on any atom is -0.480 e. The molecule has 2 aromatic rings. The highest BCUT2D eigenvalue weighted by Gasteiger charge is 2.33. The third kappa shape index (κ3) is 8.45. The zero-order valence-electron chi connectivity index (χ0n) is 20.9. The van der Waals surface area contributed by atoms with Crippen LogP contribution in [0.2, 0.25) is 0 Å². The number of benzene rings is 1. The zero-order valence-corrected chi connectivity index (χ0v) is 21.7. The highest BCUT2D eigenvalue weighted by molar-refractivity contribution is 7.98. The Bertz CT molecular complexity index is 1090. The quantitative estimate of drug-likeness (QED) is 0.150. The van der Waals surface area contributed by atoms with Gasteiger partial charge in [-0.15, -0.1) is 0 Å². The van der Waals surface area contributed by atoms with E-state index in [-0.39, 0.29) is 12.8 Å². The summed E-state index contributed by atoms with van der Waals surface area (Å²) in [6.07, 6.45) is 1.17. The van der Waals surface area contributed by atoms with Gasteiger partial charge in [0.05, 0.1) is 18.2 Å². The van der Waals surface area contributed by atoms with Gasteiger partial charge >= 0.3 is 5.97 Å². The third-order valence-corrected chi connectivity index (χ3v) is 6.45. The Balaban J connectivity index is 2.09. The Morgan fingerprint density at radius 1 is 0.973 bits per heavy atom. The van der Waals surface area contributed by atoms with Crippen molar-refractivity contribution in [2.75, 3.05) is 12.0 Å². The van der Waals surface area contributed by atoms with Gasteiger partial charge in [0.15, 0.2) is 6.04 Å². The van der Waals surface area contributed by atoms with Gasteiger partial charge in [0.1, 0.15) is 12.1 Å². The van der Waals surface area contributed by atoms with Crippen molar-refractivity contribution in [3.8, 4) is 0 Å². The van der Waals surface area contributed by atoms with Gasteiger partial charge in [-0.2, -0.15) is 11.8 Å². The van der Waals surface area contributed by atoms with Crippen LogP contribution in [-0.2, 0) is 25.6 Å². The number of fused-ring (bicyclic) bond motifs is 1. The number of aliphatic hydroxyl groups is 2. The largest absolute Gasteiger partial charge is 0.480 e. The Morgan fingerprint density at radius 2 is 1.59 bits per heavy atom. The van der Waals surface area contributed by atoms with Crippen molar-refractivity contribution in [3.05, 3.63) is 36.0 Å². The van der Waals surface area contributed by atoms with Gasteiger partial charge in [0.2, 0.25) is 17.7 Å². The number of aliphatic carboxylic acids is 1. The molecule has 13 heteroatoms. The number of carboxylic acid groups (broad SMARTS) is 1. The van der Waals surface area contributed by atoms with Crippen molar-refractivity contribution in [2.24, 2.45) is 5.73 Å². The fourth-order valence-electron chi connectivity index (χ4n) is 3.70. The van der Waals surface area contributed by atoms with E-state index in [1.54, 1.807) is 12.5 Å². The predicted octanol–water partition coefficient (Wildman–Crippen LogP) is -0.909. The second kappa shape index (κ2) is 14.0. The number of para-hydroxylation sites is 1. The molecule has 0 aliphatic heterocycles. The number of carbonyl (C=O) groups excluding carboxylic acids is 3. The van der Waals surface area contributed by atoms with Crippen molar-refractivity contribution in [3.63, 3.8) is 0 Å². The second-order valence-electron chi connectivity index (χ2n) is 8.80. The second-order valence-corrected chi connectivity index (χ2v) is 9.79. The minimum atomic E-state index is -1.57. The number of carboxylic acids is 1. The zero-order chi connectivity index (χ0) is 27.7. The monoisotopic (exact) mass is 537 g/mol. The van der Waals surface area contributed by atoms with Crippen LogP contribution in [0.5, 0.6) is 0 Å². The first-order valence-corrected chi connectivity index (χ1v) is 13.1. The first-order chi connectivity index (χ1) is 17.5. The Labute approximate surface area is 218 Å². The summed E-state index contributed by atoms with van der Waals surface area (Å²) in [7, 11) is 0. The summed E-state index contributed by atoms with van der Waals surface area (Å²) in [6, 6.07) is 2.34. The fourth-order valence-corrected chi connectivity index (χ4v) is 4.18. The van der Waals surface area contributed by atoms with E-state index in [2.05, 4.69) is 20.9 Å². The number of H-pyrrole nitrogens is 1. The van der Waals surface area contributed by atoms with Gasteiger partial charge < -0.3 is 42.0 Å². The van der Waals surface area contributed by atoms with E-state index >= 15 is 0 Å². The van der Waals surface area contributed by atoms with Gasteiger partial charge in [-0.25, -0.2) is 4.79 Å². The smallest absolute Gasteiger partial charge is 0.328 e. The first kappa shape index (κ1) is 30.1. The molecule has 12 nitrogen and oxygen atoms in total. The number of thioether (sulfide) groups is 1. The van der Waals surface area contributed by atoms with Gasteiger partial charge in [0.25, 0.3) is 0 Å². The lowest BCUT2D eigenvalue weighted by Crippen LogP contribution is -2.60. The number of aliphatic hydroxyl groups excluding tert-OH is 2. The lowest BCUT2D eigenvalue weighted by Gasteiger charge is -2.26. The van der Waals surface area contributed by atoms with Crippen LogP contribution in [0.15, 0.2) is 30.5 Å². The van der Waals surface area contributed by atoms with Gasteiger partial charge in [0, 0.05) is 17.1 Å². The molecule has 0 saturated heterocycles. The molecule has 1 aromatic carbocycles. The van der Waals surface area contributed by atoms with Crippen molar-refractivity contribution in [2.45, 2.75) is 63.1 Å². The van der Waals surface area contributed by atoms with Crippen LogP contribution in [0, 0.1) is 0 Å². The number of rotatable bonds is 14. The summed E-state index contributed by atoms with van der Waals surface area (Å²) in [5.74, 6) is -3.31. The van der Waals surface area contributed by atoms with Crippen LogP contribution in [0.1, 0.15) is 25.8 Å². The molecular formula is C24H35N5O7S. The summed E-state index contributed by atoms with van der Waals surface area (Å²) >= 11 is 1.40. The molecule has 1 heterocycles. The summed E-state index contributed by atoms with van der Waals surface area (Å²) in [5.41, 5.74) is 7.80. The SMILES string of the molecule is CSCCC(NC(=O)C(NC(=O)C(N)Cc1c[nH]c2ccccc12)C(C)O)C(=O)NC(C(=O)O)C(C)O. The number of aromatic amines is 1. The van der Waals surface area contributed by atoms with Gasteiger partial charge in [-0.05, 0) is 50.3 Å². The van der Waals surface area contributed by atoms with E-state index in [9.17, 15) is 34.5 Å². The first-order valence-electron chi connectivity index (χ1n) is 11.8. The molecular weight excluding hydrogens is 502 g/mol. The Kier molecular flexibility index (Phi) is 11.4. The number of hydrogen-bond acceptors (Lipinski definition) is 8. The highest BCUT2D eigenvalue weighted by Crippen LogP contribution is 2.18. The molecule has 9 N–H and O–H groups in total. The number of hydrogen-bond donors (Lipinski definition) is 8. The molecule has 6 unspecified atom stereocenters. The maximum atomic E-state index is 13.0. The van der Waals surface area contributed by atoms with Crippen LogP contribution in [0.3, 0.4) is 0 Å². The molecule has 37 heavy (non-hydrogen) atoms. The van der Waals surface area contributed by atoms with Crippen molar-refractivity contribution in [1.29, 1.82) is 0 Å². The molecule has 1 aromatic heterocycles. The normalized spacial score (nSPS) is 16.2. The Hall–Kier alpha value is -3.13. The minimum absolute atomic E-state index is 0.144. The average molecular weight is 538 g/mol. The van der Waals surface area contributed by atoms with E-state index < -0.39 is 60.1 Å². The maximum absolute atomic E-state index is 13.0. The topological polar surface area (TPSA) is 207 Å². The Morgan fingerprint density at radius 3 is 2.19 bits per heavy atom. The van der Waals surface area contributed by atoms with Gasteiger partial charge in [-0.1, -0.05) is 18.2 Å². The third-order valence-electron chi connectivity index (χ3n) is 5.80. The molecule has 2 rings (SSSR count).